The number of primary amides is 1. The molecule has 0 aliphatic rings. The van der Waals surface area contributed by atoms with Crippen LogP contribution < -0.4 is 11.1 Å². The molecule has 5 nitrogen and oxygen atoms in total. The molecular weight excluding hydrogens is 304 g/mol. The van der Waals surface area contributed by atoms with Crippen molar-refractivity contribution in [1.29, 1.82) is 0 Å². The van der Waals surface area contributed by atoms with Crippen molar-refractivity contribution in [3.63, 3.8) is 0 Å². The van der Waals surface area contributed by atoms with E-state index in [1.165, 1.54) is 0 Å². The Balaban J connectivity index is 2.16. The zero-order chi connectivity index (χ0) is 17.7. The van der Waals surface area contributed by atoms with Crippen LogP contribution in [0.25, 0.3) is 10.8 Å². The number of benzene rings is 2. The van der Waals surface area contributed by atoms with E-state index < -0.39 is 24.0 Å². The maximum atomic E-state index is 12.1. The molecule has 5 heteroatoms. The van der Waals surface area contributed by atoms with Gasteiger partial charge in [-0.1, -0.05) is 56.3 Å². The van der Waals surface area contributed by atoms with Crippen molar-refractivity contribution in [2.24, 2.45) is 11.7 Å². The van der Waals surface area contributed by atoms with E-state index in [-0.39, 0.29) is 12.3 Å². The van der Waals surface area contributed by atoms with Gasteiger partial charge < -0.3 is 16.2 Å². The summed E-state index contributed by atoms with van der Waals surface area (Å²) in [4.78, 5) is 23.8. The second kappa shape index (κ2) is 7.93. The van der Waals surface area contributed by atoms with Gasteiger partial charge in [-0.05, 0) is 28.7 Å². The molecule has 2 rings (SSSR count). The van der Waals surface area contributed by atoms with Crippen LogP contribution >= 0.6 is 0 Å². The molecular formula is C19H24N2O3. The summed E-state index contributed by atoms with van der Waals surface area (Å²) in [7, 11) is 0. The Bertz CT molecular complexity index is 722. The summed E-state index contributed by atoms with van der Waals surface area (Å²) >= 11 is 0. The Morgan fingerprint density at radius 2 is 1.79 bits per heavy atom. The number of carbonyl (C=O) groups is 2. The first-order valence-corrected chi connectivity index (χ1v) is 8.13. The van der Waals surface area contributed by atoms with Gasteiger partial charge in [0.15, 0.2) is 0 Å². The summed E-state index contributed by atoms with van der Waals surface area (Å²) in [6.07, 6.45) is -0.512. The van der Waals surface area contributed by atoms with Crippen LogP contribution in [0.1, 0.15) is 25.8 Å². The van der Waals surface area contributed by atoms with Gasteiger partial charge >= 0.3 is 0 Å². The largest absolute Gasteiger partial charge is 0.383 e. The van der Waals surface area contributed by atoms with Gasteiger partial charge in [-0.3, -0.25) is 9.59 Å². The van der Waals surface area contributed by atoms with Gasteiger partial charge in [0.05, 0.1) is 0 Å². The number of fused-ring (bicyclic) bond motifs is 1. The second-order valence-electron chi connectivity index (χ2n) is 6.45. The van der Waals surface area contributed by atoms with Crippen molar-refractivity contribution in [2.45, 2.75) is 38.8 Å². The number of aliphatic hydroxyl groups excluding tert-OH is 1. The molecule has 0 bridgehead atoms. The average molecular weight is 328 g/mol. The van der Waals surface area contributed by atoms with Crippen LogP contribution in [0.5, 0.6) is 0 Å². The summed E-state index contributed by atoms with van der Waals surface area (Å²) in [5, 5.41) is 14.5. The maximum Gasteiger partial charge on any atom is 0.249 e. The van der Waals surface area contributed by atoms with Crippen LogP contribution in [0.15, 0.2) is 42.5 Å². The summed E-state index contributed by atoms with van der Waals surface area (Å²) < 4.78 is 0. The Labute approximate surface area is 141 Å². The molecule has 0 heterocycles. The van der Waals surface area contributed by atoms with Crippen molar-refractivity contribution in [3.8, 4) is 0 Å². The highest BCUT2D eigenvalue weighted by atomic mass is 16.3. The van der Waals surface area contributed by atoms with Crippen molar-refractivity contribution in [2.75, 3.05) is 0 Å². The normalized spacial score (nSPS) is 13.7. The summed E-state index contributed by atoms with van der Waals surface area (Å²) in [6, 6.07) is 12.8. The Hall–Kier alpha value is -2.40. The summed E-state index contributed by atoms with van der Waals surface area (Å²) in [5.74, 6) is -1.00. The first kappa shape index (κ1) is 17.9. The molecule has 2 aromatic rings. The number of aliphatic hydroxyl groups is 1. The minimum Gasteiger partial charge on any atom is -0.383 e. The monoisotopic (exact) mass is 328 g/mol. The number of hydrogen-bond donors (Lipinski definition) is 3. The van der Waals surface area contributed by atoms with Gasteiger partial charge in [0.1, 0.15) is 12.1 Å². The molecule has 128 valence electrons. The zero-order valence-electron chi connectivity index (χ0n) is 14.0. The SMILES string of the molecule is CC(C)C[C@@H](O)C(=O)N[C@@H](Cc1cccc2ccccc12)C(N)=O. The van der Waals surface area contributed by atoms with E-state index in [1.54, 1.807) is 0 Å². The quantitative estimate of drug-likeness (QED) is 0.723. The number of nitrogens with two attached hydrogens (primary N) is 1. The predicted molar refractivity (Wildman–Crippen MR) is 94.2 cm³/mol. The predicted octanol–water partition coefficient (Wildman–Crippen LogP) is 1.76. The highest BCUT2D eigenvalue weighted by Gasteiger charge is 2.24. The lowest BCUT2D eigenvalue weighted by molar-refractivity contribution is -0.133. The molecule has 0 fully saturated rings. The van der Waals surface area contributed by atoms with Crippen molar-refractivity contribution < 1.29 is 14.7 Å². The van der Waals surface area contributed by atoms with Gasteiger partial charge in [-0.15, -0.1) is 0 Å². The van der Waals surface area contributed by atoms with Crippen LogP contribution in [0.4, 0.5) is 0 Å². The zero-order valence-corrected chi connectivity index (χ0v) is 14.0. The molecule has 0 saturated carbocycles. The van der Waals surface area contributed by atoms with E-state index in [0.29, 0.717) is 6.42 Å². The van der Waals surface area contributed by atoms with Crippen LogP contribution in [0.2, 0.25) is 0 Å². The molecule has 0 aliphatic carbocycles. The standard InChI is InChI=1S/C19H24N2O3/c1-12(2)10-17(22)19(24)21-16(18(20)23)11-14-8-5-7-13-6-3-4-9-15(13)14/h3-9,12,16-17,22H,10-11H2,1-2H3,(H2,20,23)(H,21,24)/t16-,17+/m0/s1. The topological polar surface area (TPSA) is 92.4 Å². The maximum absolute atomic E-state index is 12.1. The minimum absolute atomic E-state index is 0.177. The number of nitrogens with one attached hydrogen (secondary N) is 1. The smallest absolute Gasteiger partial charge is 0.249 e. The third-order valence-corrected chi connectivity index (χ3v) is 3.96. The van der Waals surface area contributed by atoms with E-state index in [1.807, 2.05) is 56.3 Å². The summed E-state index contributed by atoms with van der Waals surface area (Å²) in [6.45, 7) is 3.83. The molecule has 0 saturated heterocycles. The van der Waals surface area contributed by atoms with Crippen molar-refractivity contribution in [3.05, 3.63) is 48.0 Å². The van der Waals surface area contributed by atoms with Gasteiger partial charge in [0.25, 0.3) is 0 Å². The van der Waals surface area contributed by atoms with Crippen molar-refractivity contribution >= 4 is 22.6 Å². The molecule has 0 spiro atoms. The number of amides is 2. The molecule has 24 heavy (non-hydrogen) atoms. The molecule has 0 aliphatic heterocycles. The fourth-order valence-electron chi connectivity index (χ4n) is 2.73. The molecule has 2 amide bonds. The van der Waals surface area contributed by atoms with Crippen LogP contribution in [0, 0.1) is 5.92 Å². The summed E-state index contributed by atoms with van der Waals surface area (Å²) in [5.41, 5.74) is 6.37. The van der Waals surface area contributed by atoms with Crippen molar-refractivity contribution in [1.82, 2.24) is 5.32 Å². The molecule has 2 aromatic carbocycles. The van der Waals surface area contributed by atoms with Crippen LogP contribution in [-0.4, -0.2) is 29.1 Å². The Kier molecular flexibility index (Phi) is 5.93. The van der Waals surface area contributed by atoms with E-state index in [4.69, 9.17) is 5.73 Å². The second-order valence-corrected chi connectivity index (χ2v) is 6.45. The van der Waals surface area contributed by atoms with E-state index in [0.717, 1.165) is 16.3 Å². The van der Waals surface area contributed by atoms with Crippen LogP contribution in [0.3, 0.4) is 0 Å². The van der Waals surface area contributed by atoms with E-state index in [2.05, 4.69) is 5.32 Å². The first-order chi connectivity index (χ1) is 11.4. The van der Waals surface area contributed by atoms with Gasteiger partial charge in [-0.25, -0.2) is 0 Å². The fraction of sp³-hybridized carbons (Fsp3) is 0.368. The molecule has 2 atom stereocenters. The van der Waals surface area contributed by atoms with Gasteiger partial charge in [0, 0.05) is 6.42 Å². The Morgan fingerprint density at radius 3 is 2.46 bits per heavy atom. The van der Waals surface area contributed by atoms with E-state index >= 15 is 0 Å². The fourth-order valence-corrected chi connectivity index (χ4v) is 2.73. The molecule has 0 unspecified atom stereocenters. The van der Waals surface area contributed by atoms with E-state index in [9.17, 15) is 14.7 Å². The van der Waals surface area contributed by atoms with Gasteiger partial charge in [0.2, 0.25) is 11.8 Å². The minimum atomic E-state index is -1.14. The number of carbonyl (C=O) groups excluding carboxylic acids is 2. The highest BCUT2D eigenvalue weighted by Crippen LogP contribution is 2.20. The third-order valence-electron chi connectivity index (χ3n) is 3.96. The average Bonchev–Trinajstić information content (AvgIpc) is 2.53. The number of hydrogen-bond acceptors (Lipinski definition) is 3. The Morgan fingerprint density at radius 1 is 1.12 bits per heavy atom. The molecule has 0 radical (unpaired) electrons. The number of rotatable bonds is 7. The molecule has 4 N–H and O–H groups in total. The third kappa shape index (κ3) is 4.55. The van der Waals surface area contributed by atoms with Gasteiger partial charge in [-0.2, -0.15) is 0 Å². The van der Waals surface area contributed by atoms with Crippen LogP contribution in [-0.2, 0) is 16.0 Å². The lowest BCUT2D eigenvalue weighted by atomic mass is 9.98. The highest BCUT2D eigenvalue weighted by molar-refractivity contribution is 5.90. The lowest BCUT2D eigenvalue weighted by Gasteiger charge is -2.19. The molecule has 0 aromatic heterocycles. The first-order valence-electron chi connectivity index (χ1n) is 8.13. The lowest BCUT2D eigenvalue weighted by Crippen LogP contribution is -2.49.